The zero-order chi connectivity index (χ0) is 14.2. The van der Waals surface area contributed by atoms with E-state index in [4.69, 9.17) is 0 Å². The van der Waals surface area contributed by atoms with Crippen molar-refractivity contribution in [2.24, 2.45) is 5.10 Å². The quantitative estimate of drug-likeness (QED) is 0.691. The van der Waals surface area contributed by atoms with Gasteiger partial charge in [0.05, 0.1) is 5.56 Å². The van der Waals surface area contributed by atoms with Crippen LogP contribution in [0.1, 0.15) is 15.9 Å². The molecule has 0 radical (unpaired) electrons. The number of hydrogen-bond acceptors (Lipinski definition) is 3. The van der Waals surface area contributed by atoms with Crippen LogP contribution in [0, 0.1) is 0 Å². The largest absolute Gasteiger partial charge is 0.272 e. The lowest BCUT2D eigenvalue weighted by molar-refractivity contribution is 0.0954. The van der Waals surface area contributed by atoms with Gasteiger partial charge in [0.25, 0.3) is 5.91 Å². The molecule has 0 saturated heterocycles. The van der Waals surface area contributed by atoms with E-state index in [1.165, 1.54) is 12.4 Å². The molecule has 0 fully saturated rings. The number of nitrogens with one attached hydrogen (secondary N) is 1. The van der Waals surface area contributed by atoms with Crippen LogP contribution in [0.25, 0.3) is 6.08 Å². The second-order valence-electron chi connectivity index (χ2n) is 3.88. The highest BCUT2D eigenvalue weighted by Gasteiger charge is 2.04. The van der Waals surface area contributed by atoms with Crippen molar-refractivity contribution in [1.29, 1.82) is 0 Å². The average Bonchev–Trinajstić information content (AvgIpc) is 2.48. The molecule has 2 rings (SSSR count). The summed E-state index contributed by atoms with van der Waals surface area (Å²) in [7, 11) is 0. The zero-order valence-corrected chi connectivity index (χ0v) is 12.1. The number of allylic oxidation sites excluding steroid dienone is 1. The smallest absolute Gasteiger partial charge is 0.267 e. The van der Waals surface area contributed by atoms with Crippen molar-refractivity contribution in [3.8, 4) is 0 Å². The fourth-order valence-corrected chi connectivity index (χ4v) is 1.82. The molecule has 100 valence electrons. The number of pyridine rings is 1. The van der Waals surface area contributed by atoms with Gasteiger partial charge in [-0.1, -0.05) is 36.4 Å². The van der Waals surface area contributed by atoms with E-state index in [1.807, 2.05) is 36.4 Å². The summed E-state index contributed by atoms with van der Waals surface area (Å²) < 4.78 is 0.748. The van der Waals surface area contributed by atoms with Crippen LogP contribution in [-0.4, -0.2) is 17.1 Å². The molecule has 2 aromatic rings. The molecule has 0 aliphatic carbocycles. The Balaban J connectivity index is 1.87. The van der Waals surface area contributed by atoms with Crippen LogP contribution in [0.2, 0.25) is 0 Å². The first-order chi connectivity index (χ1) is 9.75. The number of aromatic nitrogens is 1. The van der Waals surface area contributed by atoms with Gasteiger partial charge in [0.2, 0.25) is 0 Å². The van der Waals surface area contributed by atoms with Crippen molar-refractivity contribution in [3.05, 3.63) is 70.5 Å². The topological polar surface area (TPSA) is 54.4 Å². The Morgan fingerprint density at radius 3 is 2.80 bits per heavy atom. The summed E-state index contributed by atoms with van der Waals surface area (Å²) in [5, 5.41) is 3.84. The van der Waals surface area contributed by atoms with Crippen molar-refractivity contribution >= 4 is 34.1 Å². The number of carbonyl (C=O) groups is 1. The Bertz CT molecular complexity index is 639. The molecule has 1 amide bonds. The van der Waals surface area contributed by atoms with Crippen LogP contribution in [0.4, 0.5) is 0 Å². The van der Waals surface area contributed by atoms with Crippen LogP contribution < -0.4 is 5.43 Å². The molecule has 0 atom stereocenters. The van der Waals surface area contributed by atoms with Crippen molar-refractivity contribution in [3.63, 3.8) is 0 Å². The lowest BCUT2D eigenvalue weighted by Crippen LogP contribution is -2.17. The molecule has 0 unspecified atom stereocenters. The van der Waals surface area contributed by atoms with E-state index in [1.54, 1.807) is 18.3 Å². The fourth-order valence-electron chi connectivity index (χ4n) is 1.46. The number of rotatable bonds is 4. The molecule has 0 saturated carbocycles. The Hall–Kier alpha value is -2.27. The summed E-state index contributed by atoms with van der Waals surface area (Å²) >= 11 is 3.26. The van der Waals surface area contributed by atoms with E-state index in [-0.39, 0.29) is 5.91 Å². The first-order valence-electron chi connectivity index (χ1n) is 5.91. The van der Waals surface area contributed by atoms with Crippen molar-refractivity contribution in [2.75, 3.05) is 0 Å². The summed E-state index contributed by atoms with van der Waals surface area (Å²) in [6.07, 6.45) is 8.28. The summed E-state index contributed by atoms with van der Waals surface area (Å²) in [6.45, 7) is 0. The van der Waals surface area contributed by atoms with Gasteiger partial charge in [-0.2, -0.15) is 5.10 Å². The predicted molar refractivity (Wildman–Crippen MR) is 83.4 cm³/mol. The molecule has 1 aromatic heterocycles. The second kappa shape index (κ2) is 7.35. The van der Waals surface area contributed by atoms with Gasteiger partial charge in [0.15, 0.2) is 0 Å². The maximum Gasteiger partial charge on any atom is 0.272 e. The number of halogens is 1. The van der Waals surface area contributed by atoms with Crippen molar-refractivity contribution in [2.45, 2.75) is 0 Å². The third-order valence-corrected chi connectivity index (χ3v) is 2.82. The van der Waals surface area contributed by atoms with Crippen LogP contribution in [0.15, 0.2) is 64.4 Å². The summed E-state index contributed by atoms with van der Waals surface area (Å²) in [5.74, 6) is -0.303. The number of amides is 1. The number of hydrazone groups is 1. The van der Waals surface area contributed by atoms with E-state index in [0.29, 0.717) is 5.56 Å². The van der Waals surface area contributed by atoms with E-state index < -0.39 is 0 Å². The number of benzene rings is 1. The van der Waals surface area contributed by atoms with Crippen LogP contribution in [-0.2, 0) is 0 Å². The highest BCUT2D eigenvalue weighted by Crippen LogP contribution is 2.09. The minimum atomic E-state index is -0.303. The molecule has 0 spiro atoms. The highest BCUT2D eigenvalue weighted by atomic mass is 79.9. The Morgan fingerprint density at radius 2 is 2.05 bits per heavy atom. The third kappa shape index (κ3) is 4.44. The van der Waals surface area contributed by atoms with Gasteiger partial charge >= 0.3 is 0 Å². The molecule has 0 aliphatic rings. The van der Waals surface area contributed by atoms with Crippen LogP contribution >= 0.6 is 15.9 Å². The van der Waals surface area contributed by atoms with Crippen molar-refractivity contribution < 1.29 is 4.79 Å². The molecule has 4 nitrogen and oxygen atoms in total. The summed E-state index contributed by atoms with van der Waals surface area (Å²) in [4.78, 5) is 15.6. The van der Waals surface area contributed by atoms with Crippen LogP contribution in [0.3, 0.4) is 0 Å². The van der Waals surface area contributed by atoms with Gasteiger partial charge in [-0.3, -0.25) is 9.78 Å². The minimum Gasteiger partial charge on any atom is -0.267 e. The number of carbonyl (C=O) groups excluding carboxylic acids is 1. The maximum absolute atomic E-state index is 11.7. The van der Waals surface area contributed by atoms with E-state index in [2.05, 4.69) is 31.4 Å². The normalized spacial score (nSPS) is 11.1. The molecule has 5 heteroatoms. The minimum absolute atomic E-state index is 0.303. The first kappa shape index (κ1) is 14.1. The van der Waals surface area contributed by atoms with Crippen LogP contribution in [0.5, 0.6) is 0 Å². The molecule has 1 heterocycles. The van der Waals surface area contributed by atoms with Crippen molar-refractivity contribution in [1.82, 2.24) is 10.4 Å². The number of hydrogen-bond donors (Lipinski definition) is 1. The highest BCUT2D eigenvalue weighted by molar-refractivity contribution is 9.10. The molecular weight excluding hydrogens is 318 g/mol. The SMILES string of the molecule is O=C(NN=CC=Cc1ccccc1)c1cncc(Br)c1. The lowest BCUT2D eigenvalue weighted by Gasteiger charge is -1.98. The van der Waals surface area contributed by atoms with Gasteiger partial charge in [-0.15, -0.1) is 0 Å². The Morgan fingerprint density at radius 1 is 1.25 bits per heavy atom. The average molecular weight is 330 g/mol. The Labute approximate surface area is 125 Å². The molecule has 1 N–H and O–H groups in total. The maximum atomic E-state index is 11.7. The zero-order valence-electron chi connectivity index (χ0n) is 10.5. The van der Waals surface area contributed by atoms with Gasteiger partial charge in [0.1, 0.15) is 0 Å². The molecular formula is C15H12BrN3O. The Kier molecular flexibility index (Phi) is 5.20. The standard InChI is InChI=1S/C15H12BrN3O/c16-14-9-13(10-17-11-14)15(20)19-18-8-4-7-12-5-2-1-3-6-12/h1-11H,(H,19,20). The van der Waals surface area contributed by atoms with Gasteiger partial charge in [0, 0.05) is 23.1 Å². The fraction of sp³-hybridized carbons (Fsp3) is 0. The summed E-state index contributed by atoms with van der Waals surface area (Å²) in [6, 6.07) is 11.5. The molecule has 20 heavy (non-hydrogen) atoms. The summed E-state index contributed by atoms with van der Waals surface area (Å²) in [5.41, 5.74) is 3.95. The van der Waals surface area contributed by atoms with E-state index in [0.717, 1.165) is 10.0 Å². The van der Waals surface area contributed by atoms with Gasteiger partial charge in [-0.25, -0.2) is 5.43 Å². The van der Waals surface area contributed by atoms with E-state index in [9.17, 15) is 4.79 Å². The monoisotopic (exact) mass is 329 g/mol. The second-order valence-corrected chi connectivity index (χ2v) is 4.80. The van der Waals surface area contributed by atoms with Gasteiger partial charge < -0.3 is 0 Å². The third-order valence-electron chi connectivity index (χ3n) is 2.38. The molecule has 0 aliphatic heterocycles. The molecule has 0 bridgehead atoms. The van der Waals surface area contributed by atoms with Gasteiger partial charge in [-0.05, 0) is 33.6 Å². The first-order valence-corrected chi connectivity index (χ1v) is 6.71. The predicted octanol–water partition coefficient (Wildman–Crippen LogP) is 3.27. The van der Waals surface area contributed by atoms with E-state index >= 15 is 0 Å². The number of nitrogens with zero attached hydrogens (tertiary/aromatic N) is 2. The lowest BCUT2D eigenvalue weighted by atomic mass is 10.2. The molecule has 1 aromatic carbocycles.